The molecule has 3 rings (SSSR count). The van der Waals surface area contributed by atoms with Gasteiger partial charge in [-0.3, -0.25) is 9.89 Å². The van der Waals surface area contributed by atoms with Gasteiger partial charge in [-0.2, -0.15) is 5.10 Å². The summed E-state index contributed by atoms with van der Waals surface area (Å²) in [5.74, 6) is 1.51. The maximum absolute atomic E-state index is 12.2. The zero-order valence-corrected chi connectivity index (χ0v) is 12.9. The van der Waals surface area contributed by atoms with Crippen molar-refractivity contribution < 1.29 is 0 Å². The number of H-pyrrole nitrogens is 2. The predicted molar refractivity (Wildman–Crippen MR) is 85.7 cm³/mol. The Morgan fingerprint density at radius 3 is 2.82 bits per heavy atom. The van der Waals surface area contributed by atoms with Crippen LogP contribution in [0.2, 0.25) is 0 Å². The number of aromatic amines is 2. The van der Waals surface area contributed by atoms with E-state index in [9.17, 15) is 4.79 Å². The molecule has 0 aliphatic rings. The molecule has 0 amide bonds. The second kappa shape index (κ2) is 5.73. The number of nitrogens with zero attached hydrogens (tertiary/aromatic N) is 2. The molecule has 0 saturated heterocycles. The normalized spacial score (nSPS) is 12.7. The Bertz CT molecular complexity index is 864. The molecule has 0 spiro atoms. The third-order valence-corrected chi connectivity index (χ3v) is 3.64. The molecule has 2 heterocycles. The van der Waals surface area contributed by atoms with Crippen LogP contribution in [0.5, 0.6) is 0 Å². The van der Waals surface area contributed by atoms with Crippen LogP contribution in [0.1, 0.15) is 35.9 Å². The van der Waals surface area contributed by atoms with Crippen molar-refractivity contribution in [3.05, 3.63) is 57.4 Å². The van der Waals surface area contributed by atoms with E-state index in [-0.39, 0.29) is 11.5 Å². The van der Waals surface area contributed by atoms with Gasteiger partial charge >= 0.3 is 0 Å². The molecule has 1 aromatic carbocycles. The molecular formula is C16H19N5O. The third-order valence-electron chi connectivity index (χ3n) is 3.64. The Balaban J connectivity index is 1.79. The van der Waals surface area contributed by atoms with E-state index in [1.165, 1.54) is 0 Å². The summed E-state index contributed by atoms with van der Waals surface area (Å²) in [5, 5.41) is 11.0. The van der Waals surface area contributed by atoms with Gasteiger partial charge < -0.3 is 10.3 Å². The first kappa shape index (κ1) is 14.5. The molecule has 3 N–H and O–H groups in total. The van der Waals surface area contributed by atoms with Gasteiger partial charge in [0.1, 0.15) is 5.82 Å². The molecule has 0 aliphatic heterocycles. The number of hydrogen-bond donors (Lipinski definition) is 3. The van der Waals surface area contributed by atoms with Crippen LogP contribution in [-0.2, 0) is 6.54 Å². The lowest BCUT2D eigenvalue weighted by atomic mass is 10.1. The largest absolute Gasteiger partial charge is 0.357 e. The fourth-order valence-electron chi connectivity index (χ4n) is 2.42. The van der Waals surface area contributed by atoms with Crippen molar-refractivity contribution in [3.63, 3.8) is 0 Å². The maximum Gasteiger partial charge on any atom is 0.189 e. The summed E-state index contributed by atoms with van der Waals surface area (Å²) < 4.78 is 0. The summed E-state index contributed by atoms with van der Waals surface area (Å²) in [6, 6.07) is 7.49. The van der Waals surface area contributed by atoms with Crippen LogP contribution >= 0.6 is 0 Å². The van der Waals surface area contributed by atoms with Crippen LogP contribution in [0, 0.1) is 13.8 Å². The minimum atomic E-state index is 0.00201. The van der Waals surface area contributed by atoms with Gasteiger partial charge in [-0.25, -0.2) is 4.98 Å². The van der Waals surface area contributed by atoms with E-state index in [0.717, 1.165) is 33.8 Å². The van der Waals surface area contributed by atoms with Crippen LogP contribution < -0.4 is 10.7 Å². The van der Waals surface area contributed by atoms with Crippen molar-refractivity contribution in [3.8, 4) is 0 Å². The van der Waals surface area contributed by atoms with Crippen molar-refractivity contribution in [1.82, 2.24) is 25.5 Å². The quantitative estimate of drug-likeness (QED) is 0.688. The predicted octanol–water partition coefficient (Wildman–Crippen LogP) is 2.11. The molecule has 0 aliphatic carbocycles. The highest BCUT2D eigenvalue weighted by atomic mass is 16.1. The number of pyridine rings is 1. The number of nitrogens with one attached hydrogen (secondary N) is 3. The fraction of sp³-hybridized carbons (Fsp3) is 0.312. The maximum atomic E-state index is 12.2. The zero-order chi connectivity index (χ0) is 15.7. The van der Waals surface area contributed by atoms with Crippen LogP contribution in [0.4, 0.5) is 0 Å². The lowest BCUT2D eigenvalue weighted by Gasteiger charge is -2.11. The van der Waals surface area contributed by atoms with Gasteiger partial charge in [0.05, 0.1) is 6.04 Å². The van der Waals surface area contributed by atoms with Crippen LogP contribution in [0.3, 0.4) is 0 Å². The molecule has 22 heavy (non-hydrogen) atoms. The van der Waals surface area contributed by atoms with Gasteiger partial charge in [0.15, 0.2) is 11.3 Å². The minimum Gasteiger partial charge on any atom is -0.357 e. The zero-order valence-electron chi connectivity index (χ0n) is 12.9. The summed E-state index contributed by atoms with van der Waals surface area (Å²) >= 11 is 0. The first-order valence-corrected chi connectivity index (χ1v) is 7.28. The summed E-state index contributed by atoms with van der Waals surface area (Å²) in [6.07, 6.45) is 0. The molecule has 2 aromatic heterocycles. The smallest absolute Gasteiger partial charge is 0.189 e. The molecule has 1 unspecified atom stereocenters. The molecule has 3 aromatic rings. The van der Waals surface area contributed by atoms with Gasteiger partial charge in [0, 0.05) is 29.2 Å². The number of aryl methyl sites for hydroxylation is 2. The SMILES string of the molecule is Cc1ccc2[nH]c(CNC(C)c3n[nH]c(C)n3)cc(=O)c2c1. The van der Waals surface area contributed by atoms with E-state index in [1.54, 1.807) is 6.07 Å². The summed E-state index contributed by atoms with van der Waals surface area (Å²) in [4.78, 5) is 19.8. The van der Waals surface area contributed by atoms with Crippen LogP contribution in [0.15, 0.2) is 29.1 Å². The number of benzene rings is 1. The number of rotatable bonds is 4. The molecule has 0 radical (unpaired) electrons. The van der Waals surface area contributed by atoms with Gasteiger partial charge in [-0.1, -0.05) is 11.6 Å². The Labute approximate surface area is 128 Å². The van der Waals surface area contributed by atoms with Crippen LogP contribution in [0.25, 0.3) is 10.9 Å². The average molecular weight is 297 g/mol. The Hall–Kier alpha value is -2.47. The second-order valence-corrected chi connectivity index (χ2v) is 5.59. The van der Waals surface area contributed by atoms with Crippen molar-refractivity contribution in [2.45, 2.75) is 33.4 Å². The van der Waals surface area contributed by atoms with Crippen molar-refractivity contribution >= 4 is 10.9 Å². The van der Waals surface area contributed by atoms with Crippen molar-refractivity contribution in [2.24, 2.45) is 0 Å². The highest BCUT2D eigenvalue weighted by Crippen LogP contribution is 2.12. The van der Waals surface area contributed by atoms with E-state index in [2.05, 4.69) is 25.5 Å². The summed E-state index contributed by atoms with van der Waals surface area (Å²) in [7, 11) is 0. The molecule has 0 fully saturated rings. The highest BCUT2D eigenvalue weighted by molar-refractivity contribution is 5.79. The minimum absolute atomic E-state index is 0.00201. The van der Waals surface area contributed by atoms with Gasteiger partial charge in [-0.15, -0.1) is 0 Å². The monoisotopic (exact) mass is 297 g/mol. The second-order valence-electron chi connectivity index (χ2n) is 5.59. The number of aromatic nitrogens is 4. The Morgan fingerprint density at radius 1 is 1.27 bits per heavy atom. The number of fused-ring (bicyclic) bond motifs is 1. The van der Waals surface area contributed by atoms with Gasteiger partial charge in [0.2, 0.25) is 0 Å². The van der Waals surface area contributed by atoms with E-state index in [1.807, 2.05) is 39.0 Å². The van der Waals surface area contributed by atoms with E-state index >= 15 is 0 Å². The Morgan fingerprint density at radius 2 is 2.09 bits per heavy atom. The standard InChI is InChI=1S/C16H19N5O/c1-9-4-5-14-13(6-9)15(22)7-12(19-14)8-17-10(2)16-18-11(3)20-21-16/h4-7,10,17H,8H2,1-3H3,(H,19,22)(H,18,20,21). The summed E-state index contributed by atoms with van der Waals surface area (Å²) in [5.41, 5.74) is 2.82. The molecule has 0 saturated carbocycles. The van der Waals surface area contributed by atoms with Crippen molar-refractivity contribution in [1.29, 1.82) is 0 Å². The van der Waals surface area contributed by atoms with E-state index in [4.69, 9.17) is 0 Å². The lowest BCUT2D eigenvalue weighted by Crippen LogP contribution is -2.21. The molecular weight excluding hydrogens is 278 g/mol. The molecule has 6 nitrogen and oxygen atoms in total. The first-order chi connectivity index (χ1) is 10.5. The lowest BCUT2D eigenvalue weighted by molar-refractivity contribution is 0.542. The van der Waals surface area contributed by atoms with Gasteiger partial charge in [-0.05, 0) is 32.9 Å². The molecule has 114 valence electrons. The van der Waals surface area contributed by atoms with Crippen molar-refractivity contribution in [2.75, 3.05) is 0 Å². The molecule has 0 bridgehead atoms. The van der Waals surface area contributed by atoms with Gasteiger partial charge in [0.25, 0.3) is 0 Å². The number of hydrogen-bond acceptors (Lipinski definition) is 4. The third kappa shape index (κ3) is 2.92. The van der Waals surface area contributed by atoms with Crippen LogP contribution in [-0.4, -0.2) is 20.2 Å². The Kier molecular flexibility index (Phi) is 3.77. The van der Waals surface area contributed by atoms with E-state index in [0.29, 0.717) is 6.54 Å². The first-order valence-electron chi connectivity index (χ1n) is 7.28. The average Bonchev–Trinajstić information content (AvgIpc) is 2.92. The summed E-state index contributed by atoms with van der Waals surface area (Å²) in [6.45, 7) is 6.39. The highest BCUT2D eigenvalue weighted by Gasteiger charge is 2.10. The molecule has 6 heteroatoms. The molecule has 1 atom stereocenters. The topological polar surface area (TPSA) is 86.5 Å². The fourth-order valence-corrected chi connectivity index (χ4v) is 2.42. The van der Waals surface area contributed by atoms with E-state index < -0.39 is 0 Å².